The number of nitrogen functional groups attached to an aromatic ring is 1. The van der Waals surface area contributed by atoms with Crippen molar-refractivity contribution >= 4 is 34.2 Å². The number of hydrogen-bond acceptors (Lipinski definition) is 6. The van der Waals surface area contributed by atoms with Crippen LogP contribution < -0.4 is 16.1 Å². The lowest BCUT2D eigenvalue weighted by molar-refractivity contribution is 0.0911. The molecule has 2 saturated heterocycles. The van der Waals surface area contributed by atoms with Crippen LogP contribution in [-0.4, -0.2) is 84.3 Å². The summed E-state index contributed by atoms with van der Waals surface area (Å²) < 4.78 is 1.63. The lowest BCUT2D eigenvalue weighted by atomic mass is 9.97. The Morgan fingerprint density at radius 3 is 2.29 bits per heavy atom. The molecule has 1 amide bonds. The second-order valence-corrected chi connectivity index (χ2v) is 12.0. The fourth-order valence-corrected chi connectivity index (χ4v) is 6.56. The van der Waals surface area contributed by atoms with Crippen LogP contribution in [0.3, 0.4) is 0 Å². The highest BCUT2D eigenvalue weighted by Crippen LogP contribution is 2.42. The van der Waals surface area contributed by atoms with Gasteiger partial charge in [0.1, 0.15) is 0 Å². The molecule has 4 heterocycles. The van der Waals surface area contributed by atoms with Crippen molar-refractivity contribution in [3.63, 3.8) is 0 Å². The number of nitrogens with two attached hydrogens (primary N) is 1. The van der Waals surface area contributed by atoms with Gasteiger partial charge >= 0.3 is 0 Å². The average molecular weight is 586 g/mol. The molecule has 3 N–H and O–H groups in total. The molecule has 2 fully saturated rings. The summed E-state index contributed by atoms with van der Waals surface area (Å²) in [6.45, 7) is 9.54. The summed E-state index contributed by atoms with van der Waals surface area (Å²) in [5, 5.41) is 4.63. The largest absolute Gasteiger partial charge is 0.369 e. The molecule has 0 aliphatic carbocycles. The van der Waals surface area contributed by atoms with E-state index in [4.69, 9.17) is 17.4 Å². The van der Waals surface area contributed by atoms with E-state index < -0.39 is 0 Å². The Morgan fingerprint density at radius 2 is 1.62 bits per heavy atom. The smallest absolute Gasteiger partial charge is 0.251 e. The van der Waals surface area contributed by atoms with Crippen molar-refractivity contribution in [3.05, 3.63) is 71.4 Å². The van der Waals surface area contributed by atoms with Gasteiger partial charge in [-0.25, -0.2) is 9.66 Å². The average Bonchev–Trinajstić information content (AvgIpc) is 3.32. The SMILES string of the molecule is CCCN1CCC(NC(=O)c2ccc(-c3c(-c4ccc(N5CCN(C)CC5)cc4)n(N)c4nccc(Cl)c34)cc2)CC1. The molecule has 220 valence electrons. The van der Waals surface area contributed by atoms with Crippen LogP contribution in [0.15, 0.2) is 60.8 Å². The Labute approximate surface area is 253 Å². The van der Waals surface area contributed by atoms with E-state index in [1.807, 2.05) is 24.3 Å². The van der Waals surface area contributed by atoms with Gasteiger partial charge in [0, 0.05) is 79.3 Å². The predicted molar refractivity (Wildman–Crippen MR) is 173 cm³/mol. The number of fused-ring (bicyclic) bond motifs is 1. The second-order valence-electron chi connectivity index (χ2n) is 11.6. The van der Waals surface area contributed by atoms with Gasteiger partial charge < -0.3 is 25.9 Å². The number of benzene rings is 2. The van der Waals surface area contributed by atoms with E-state index in [1.165, 1.54) is 5.69 Å². The standard InChI is InChI=1S/C33H40ClN7O/c1-3-16-39-17-13-26(14-18-39)37-33(42)25-6-4-23(5-7-25)29-30-28(34)12-15-36-32(30)41(35)31(29)24-8-10-27(11-9-24)40-21-19-38(2)20-22-40/h4-12,15,26H,3,13-14,16-22,35H2,1-2H3,(H,37,42). The van der Waals surface area contributed by atoms with Gasteiger partial charge in [-0.1, -0.05) is 42.8 Å². The molecule has 2 aromatic heterocycles. The van der Waals surface area contributed by atoms with Crippen molar-refractivity contribution in [2.75, 3.05) is 63.6 Å². The quantitative estimate of drug-likeness (QED) is 0.294. The lowest BCUT2D eigenvalue weighted by Crippen LogP contribution is -2.44. The van der Waals surface area contributed by atoms with Crippen molar-refractivity contribution in [2.45, 2.75) is 32.2 Å². The first kappa shape index (κ1) is 28.5. The van der Waals surface area contributed by atoms with Crippen LogP contribution in [0.1, 0.15) is 36.5 Å². The Hall–Kier alpha value is -3.59. The fourth-order valence-electron chi connectivity index (χ4n) is 6.32. The first-order valence-corrected chi connectivity index (χ1v) is 15.4. The third-order valence-corrected chi connectivity index (χ3v) is 9.06. The Balaban J connectivity index is 1.28. The van der Waals surface area contributed by atoms with Crippen molar-refractivity contribution in [1.29, 1.82) is 0 Å². The zero-order valence-electron chi connectivity index (χ0n) is 24.5. The van der Waals surface area contributed by atoms with Crippen LogP contribution in [0.25, 0.3) is 33.4 Å². The van der Waals surface area contributed by atoms with Crippen LogP contribution in [0.5, 0.6) is 0 Å². The van der Waals surface area contributed by atoms with E-state index in [2.05, 4.69) is 63.2 Å². The summed E-state index contributed by atoms with van der Waals surface area (Å²) in [7, 11) is 2.16. The van der Waals surface area contributed by atoms with Crippen molar-refractivity contribution in [3.8, 4) is 22.4 Å². The highest BCUT2D eigenvalue weighted by atomic mass is 35.5. The highest BCUT2D eigenvalue weighted by molar-refractivity contribution is 6.37. The first-order chi connectivity index (χ1) is 20.4. The molecule has 0 bridgehead atoms. The van der Waals surface area contributed by atoms with Gasteiger partial charge in [-0.2, -0.15) is 0 Å². The number of nitrogens with one attached hydrogen (secondary N) is 1. The minimum absolute atomic E-state index is 0.0313. The molecule has 4 aromatic rings. The number of amides is 1. The van der Waals surface area contributed by atoms with Crippen molar-refractivity contribution in [1.82, 2.24) is 24.8 Å². The number of pyridine rings is 1. The number of anilines is 1. The molecule has 0 saturated carbocycles. The van der Waals surface area contributed by atoms with Gasteiger partial charge in [-0.05, 0) is 68.8 Å². The topological polar surface area (TPSA) is 82.7 Å². The maximum atomic E-state index is 13.1. The monoisotopic (exact) mass is 585 g/mol. The van der Waals surface area contributed by atoms with Gasteiger partial charge in [0.15, 0.2) is 5.65 Å². The van der Waals surface area contributed by atoms with Crippen LogP contribution in [0, 0.1) is 0 Å². The van der Waals surface area contributed by atoms with E-state index in [1.54, 1.807) is 16.9 Å². The molecule has 9 heteroatoms. The number of nitrogens with zero attached hydrogens (tertiary/aromatic N) is 5. The molecule has 0 radical (unpaired) electrons. The summed E-state index contributed by atoms with van der Waals surface area (Å²) in [5.41, 5.74) is 6.13. The van der Waals surface area contributed by atoms with Crippen LogP contribution in [0.2, 0.25) is 5.02 Å². The Morgan fingerprint density at radius 1 is 0.952 bits per heavy atom. The third-order valence-electron chi connectivity index (χ3n) is 8.74. The number of aromatic nitrogens is 2. The van der Waals surface area contributed by atoms with Gasteiger partial charge in [0.25, 0.3) is 5.91 Å². The van der Waals surface area contributed by atoms with Crippen LogP contribution in [-0.2, 0) is 0 Å². The number of rotatable bonds is 7. The predicted octanol–water partition coefficient (Wildman–Crippen LogP) is 5.09. The Bertz CT molecular complexity index is 1530. The molecular weight excluding hydrogens is 546 g/mol. The molecule has 6 rings (SSSR count). The van der Waals surface area contributed by atoms with Crippen molar-refractivity contribution < 1.29 is 4.79 Å². The van der Waals surface area contributed by atoms with Gasteiger partial charge in [-0.15, -0.1) is 0 Å². The summed E-state index contributed by atoms with van der Waals surface area (Å²) >= 11 is 6.76. The summed E-state index contributed by atoms with van der Waals surface area (Å²) in [5.74, 6) is 6.67. The zero-order chi connectivity index (χ0) is 29.2. The van der Waals surface area contributed by atoms with Gasteiger partial charge in [-0.3, -0.25) is 4.79 Å². The number of likely N-dealkylation sites (N-methyl/N-ethyl adjacent to an activating group) is 1. The van der Waals surface area contributed by atoms with E-state index >= 15 is 0 Å². The summed E-state index contributed by atoms with van der Waals surface area (Å²) in [4.78, 5) is 24.9. The number of likely N-dealkylation sites (tertiary alicyclic amines) is 1. The molecule has 2 aliphatic rings. The summed E-state index contributed by atoms with van der Waals surface area (Å²) in [6.07, 6.45) is 4.82. The molecule has 0 spiro atoms. The third kappa shape index (κ3) is 5.71. The molecule has 0 unspecified atom stereocenters. The number of carbonyl (C=O) groups excluding carboxylic acids is 1. The first-order valence-electron chi connectivity index (χ1n) is 15.0. The molecule has 0 atom stereocenters. The fraction of sp³-hybridized carbons (Fsp3) is 0.394. The molecule has 8 nitrogen and oxygen atoms in total. The maximum Gasteiger partial charge on any atom is 0.251 e. The van der Waals surface area contributed by atoms with Gasteiger partial charge in [0.05, 0.1) is 10.7 Å². The highest BCUT2D eigenvalue weighted by Gasteiger charge is 2.24. The van der Waals surface area contributed by atoms with E-state index in [0.717, 1.165) is 92.8 Å². The molecule has 2 aromatic carbocycles. The lowest BCUT2D eigenvalue weighted by Gasteiger charge is -2.34. The van der Waals surface area contributed by atoms with E-state index in [9.17, 15) is 4.79 Å². The maximum absolute atomic E-state index is 13.1. The van der Waals surface area contributed by atoms with Crippen LogP contribution >= 0.6 is 11.6 Å². The number of halogens is 1. The van der Waals surface area contributed by atoms with E-state index in [0.29, 0.717) is 16.2 Å². The second kappa shape index (κ2) is 12.3. The normalized spacial score (nSPS) is 17.2. The van der Waals surface area contributed by atoms with E-state index in [-0.39, 0.29) is 11.9 Å². The number of hydrogen-bond donors (Lipinski definition) is 2. The molecular formula is C33H40ClN7O. The molecule has 2 aliphatic heterocycles. The van der Waals surface area contributed by atoms with Gasteiger partial charge in [0.2, 0.25) is 0 Å². The number of carbonyl (C=O) groups is 1. The van der Waals surface area contributed by atoms with Crippen molar-refractivity contribution in [2.24, 2.45) is 0 Å². The minimum Gasteiger partial charge on any atom is -0.369 e. The van der Waals surface area contributed by atoms with Crippen LogP contribution in [0.4, 0.5) is 5.69 Å². The molecule has 42 heavy (non-hydrogen) atoms. The Kier molecular flexibility index (Phi) is 8.38. The minimum atomic E-state index is -0.0313. The number of piperidine rings is 1. The number of piperazine rings is 1. The zero-order valence-corrected chi connectivity index (χ0v) is 25.3. The summed E-state index contributed by atoms with van der Waals surface area (Å²) in [6, 6.07) is 18.3.